The lowest BCUT2D eigenvalue weighted by molar-refractivity contribution is -0.142. The number of amides is 1. The van der Waals surface area contributed by atoms with E-state index < -0.39 is 28.5 Å². The van der Waals surface area contributed by atoms with E-state index in [0.29, 0.717) is 29.4 Å². The minimum absolute atomic E-state index is 0.113. The van der Waals surface area contributed by atoms with Crippen LogP contribution in [0.15, 0.2) is 59.5 Å². The smallest absolute Gasteiger partial charge is 0.331 e. The van der Waals surface area contributed by atoms with Crippen LogP contribution in [0.3, 0.4) is 0 Å². The zero-order chi connectivity index (χ0) is 21.6. The Morgan fingerprint density at radius 2 is 1.83 bits per heavy atom. The van der Waals surface area contributed by atoms with Gasteiger partial charge in [-0.05, 0) is 48.7 Å². The molecule has 1 heterocycles. The van der Waals surface area contributed by atoms with Gasteiger partial charge in [0.1, 0.15) is 0 Å². The molecule has 0 aliphatic carbocycles. The number of carbonyl (C=O) groups excluding carboxylic acids is 2. The summed E-state index contributed by atoms with van der Waals surface area (Å²) >= 11 is 6.00. The summed E-state index contributed by atoms with van der Waals surface area (Å²) in [6.45, 7) is 0.488. The molecular weight excluding hydrogens is 428 g/mol. The number of hydrogen-bond donors (Lipinski definition) is 1. The van der Waals surface area contributed by atoms with E-state index in [4.69, 9.17) is 16.3 Å². The molecule has 1 saturated heterocycles. The van der Waals surface area contributed by atoms with Crippen LogP contribution in [0.25, 0.3) is 6.08 Å². The Balaban J connectivity index is 1.55. The fourth-order valence-corrected chi connectivity index (χ4v) is 4.72. The van der Waals surface area contributed by atoms with E-state index in [2.05, 4.69) is 5.32 Å². The summed E-state index contributed by atoms with van der Waals surface area (Å²) in [5.41, 5.74) is 0.958. The van der Waals surface area contributed by atoms with E-state index in [9.17, 15) is 18.0 Å². The average Bonchev–Trinajstić information content (AvgIpc) is 3.28. The second-order valence-electron chi connectivity index (χ2n) is 6.65. The van der Waals surface area contributed by atoms with E-state index >= 15 is 0 Å². The van der Waals surface area contributed by atoms with Gasteiger partial charge in [-0.25, -0.2) is 13.2 Å². The maximum atomic E-state index is 12.6. The van der Waals surface area contributed by atoms with Crippen LogP contribution in [-0.2, 0) is 24.3 Å². The van der Waals surface area contributed by atoms with Crippen LogP contribution in [0.5, 0.6) is 0 Å². The van der Waals surface area contributed by atoms with Crippen molar-refractivity contribution in [1.82, 2.24) is 4.31 Å². The molecule has 7 nitrogen and oxygen atoms in total. The van der Waals surface area contributed by atoms with Crippen molar-refractivity contribution in [3.05, 3.63) is 65.2 Å². The van der Waals surface area contributed by atoms with Crippen molar-refractivity contribution in [2.45, 2.75) is 17.7 Å². The van der Waals surface area contributed by atoms with Crippen molar-refractivity contribution < 1.29 is 22.7 Å². The van der Waals surface area contributed by atoms with Crippen LogP contribution in [0.1, 0.15) is 18.4 Å². The molecule has 30 heavy (non-hydrogen) atoms. The number of halogens is 1. The first-order chi connectivity index (χ1) is 14.4. The zero-order valence-corrected chi connectivity index (χ0v) is 17.7. The summed E-state index contributed by atoms with van der Waals surface area (Å²) in [5.74, 6) is -1.28. The van der Waals surface area contributed by atoms with E-state index in [-0.39, 0.29) is 4.90 Å². The third-order valence-electron chi connectivity index (χ3n) is 4.47. The number of benzene rings is 2. The lowest BCUT2D eigenvalue weighted by Crippen LogP contribution is -2.28. The molecule has 158 valence electrons. The molecule has 1 N–H and O–H groups in total. The molecule has 0 unspecified atom stereocenters. The standard InChI is InChI=1S/C21H21ClN2O5S/c22-19-9-2-1-6-16(19)10-11-21(26)29-15-20(25)23-17-7-5-8-18(14-17)30(27,28)24-12-3-4-13-24/h1-2,5-11,14H,3-4,12-13,15H2,(H,23,25). The van der Waals surface area contributed by atoms with E-state index in [1.807, 2.05) is 0 Å². The normalized spacial score (nSPS) is 14.7. The minimum atomic E-state index is -3.58. The average molecular weight is 449 g/mol. The van der Waals surface area contributed by atoms with Crippen molar-refractivity contribution in [1.29, 1.82) is 0 Å². The molecule has 0 atom stereocenters. The van der Waals surface area contributed by atoms with E-state index in [1.54, 1.807) is 36.4 Å². The lowest BCUT2D eigenvalue weighted by Gasteiger charge is -2.16. The van der Waals surface area contributed by atoms with E-state index in [0.717, 1.165) is 12.8 Å². The van der Waals surface area contributed by atoms with Crippen LogP contribution in [-0.4, -0.2) is 44.3 Å². The van der Waals surface area contributed by atoms with Gasteiger partial charge in [-0.1, -0.05) is 35.9 Å². The van der Waals surface area contributed by atoms with Crippen molar-refractivity contribution in [3.63, 3.8) is 0 Å². The predicted molar refractivity (Wildman–Crippen MR) is 115 cm³/mol. The second-order valence-corrected chi connectivity index (χ2v) is 8.99. The fraction of sp³-hybridized carbons (Fsp3) is 0.238. The van der Waals surface area contributed by atoms with Crippen LogP contribution in [0.4, 0.5) is 5.69 Å². The Labute approximate surface area is 180 Å². The summed E-state index contributed by atoms with van der Waals surface area (Å²) < 4.78 is 31.6. The van der Waals surface area contributed by atoms with Gasteiger partial charge in [-0.15, -0.1) is 0 Å². The van der Waals surface area contributed by atoms with Gasteiger partial charge in [-0.2, -0.15) is 4.31 Å². The highest BCUT2D eigenvalue weighted by molar-refractivity contribution is 7.89. The molecule has 2 aromatic rings. The fourth-order valence-electron chi connectivity index (χ4n) is 2.96. The Kier molecular flexibility index (Phi) is 7.25. The molecule has 0 bridgehead atoms. The number of carbonyl (C=O) groups is 2. The minimum Gasteiger partial charge on any atom is -0.452 e. The van der Waals surface area contributed by atoms with Crippen molar-refractivity contribution >= 4 is 45.3 Å². The molecule has 1 aliphatic rings. The summed E-state index contributed by atoms with van der Waals surface area (Å²) in [5, 5.41) is 3.03. The number of ether oxygens (including phenoxy) is 1. The zero-order valence-electron chi connectivity index (χ0n) is 16.1. The second kappa shape index (κ2) is 9.88. The number of sulfonamides is 1. The highest BCUT2D eigenvalue weighted by Gasteiger charge is 2.27. The number of hydrogen-bond acceptors (Lipinski definition) is 5. The van der Waals surface area contributed by atoms with Crippen LogP contribution >= 0.6 is 11.6 Å². The largest absolute Gasteiger partial charge is 0.452 e. The molecule has 0 spiro atoms. The molecule has 0 aromatic heterocycles. The summed E-state index contributed by atoms with van der Waals surface area (Å²) in [7, 11) is -3.58. The first kappa shape index (κ1) is 22.0. The molecule has 1 amide bonds. The van der Waals surface area contributed by atoms with Crippen LogP contribution in [0, 0.1) is 0 Å². The van der Waals surface area contributed by atoms with E-state index in [1.165, 1.54) is 28.6 Å². The van der Waals surface area contributed by atoms with Gasteiger partial charge in [0.05, 0.1) is 4.90 Å². The van der Waals surface area contributed by atoms with Crippen molar-refractivity contribution in [2.75, 3.05) is 25.0 Å². The lowest BCUT2D eigenvalue weighted by atomic mass is 10.2. The van der Waals surface area contributed by atoms with Gasteiger partial charge in [0, 0.05) is 29.9 Å². The molecule has 2 aromatic carbocycles. The van der Waals surface area contributed by atoms with Crippen molar-refractivity contribution in [3.8, 4) is 0 Å². The SMILES string of the molecule is O=C(COC(=O)C=Cc1ccccc1Cl)Nc1cccc(S(=O)(=O)N2CCCC2)c1. The monoisotopic (exact) mass is 448 g/mol. The molecule has 3 rings (SSSR count). The summed E-state index contributed by atoms with van der Waals surface area (Å²) in [6.07, 6.45) is 4.35. The molecule has 0 saturated carbocycles. The maximum absolute atomic E-state index is 12.6. The third-order valence-corrected chi connectivity index (χ3v) is 6.71. The van der Waals surface area contributed by atoms with Gasteiger partial charge in [0.25, 0.3) is 5.91 Å². The Hall–Kier alpha value is -2.68. The van der Waals surface area contributed by atoms with Gasteiger partial charge < -0.3 is 10.1 Å². The topological polar surface area (TPSA) is 92.8 Å². The summed E-state index contributed by atoms with van der Waals surface area (Å²) in [6, 6.07) is 13.0. The molecule has 1 aliphatic heterocycles. The highest BCUT2D eigenvalue weighted by Crippen LogP contribution is 2.23. The first-order valence-corrected chi connectivity index (χ1v) is 11.2. The Bertz CT molecular complexity index is 1060. The quantitative estimate of drug-likeness (QED) is 0.518. The first-order valence-electron chi connectivity index (χ1n) is 9.36. The van der Waals surface area contributed by atoms with Crippen LogP contribution < -0.4 is 5.32 Å². The molecule has 9 heteroatoms. The molecule has 1 fully saturated rings. The van der Waals surface area contributed by atoms with Crippen LogP contribution in [0.2, 0.25) is 5.02 Å². The molecule has 0 radical (unpaired) electrons. The van der Waals surface area contributed by atoms with Gasteiger partial charge in [0.2, 0.25) is 10.0 Å². The predicted octanol–water partition coefficient (Wildman–Crippen LogP) is 3.32. The third kappa shape index (κ3) is 5.69. The van der Waals surface area contributed by atoms with Crippen molar-refractivity contribution in [2.24, 2.45) is 0 Å². The van der Waals surface area contributed by atoms with Gasteiger partial charge >= 0.3 is 5.97 Å². The Morgan fingerprint density at radius 1 is 1.10 bits per heavy atom. The number of anilines is 1. The maximum Gasteiger partial charge on any atom is 0.331 e. The molecular formula is C21H21ClN2O5S. The summed E-state index contributed by atoms with van der Waals surface area (Å²) in [4.78, 5) is 24.0. The Morgan fingerprint density at radius 3 is 2.57 bits per heavy atom. The number of rotatable bonds is 7. The number of nitrogens with zero attached hydrogens (tertiary/aromatic N) is 1. The number of esters is 1. The number of nitrogens with one attached hydrogen (secondary N) is 1. The van der Waals surface area contributed by atoms with Gasteiger partial charge in [-0.3, -0.25) is 4.79 Å². The highest BCUT2D eigenvalue weighted by atomic mass is 35.5. The van der Waals surface area contributed by atoms with Gasteiger partial charge in [0.15, 0.2) is 6.61 Å².